The predicted octanol–water partition coefficient (Wildman–Crippen LogP) is 3.53. The number of primary amides is 1. The molecule has 1 heterocycles. The SMILES string of the molecule is NC(=O)c1cccc2c(NCc3cccc(CC(=O)c4cccc(OCCCO)c4)c3)ncnc12. The number of rotatable bonds is 11. The molecular weight excluding hydrogens is 444 g/mol. The van der Waals surface area contributed by atoms with E-state index in [1.54, 1.807) is 36.4 Å². The molecule has 0 bridgehead atoms. The fourth-order valence-corrected chi connectivity index (χ4v) is 3.76. The van der Waals surface area contributed by atoms with Crippen LogP contribution >= 0.6 is 0 Å². The molecule has 0 aliphatic heterocycles. The molecule has 0 aliphatic carbocycles. The quantitative estimate of drug-likeness (QED) is 0.226. The summed E-state index contributed by atoms with van der Waals surface area (Å²) in [6.45, 7) is 0.934. The van der Waals surface area contributed by atoms with Crippen molar-refractivity contribution < 1.29 is 19.4 Å². The van der Waals surface area contributed by atoms with Gasteiger partial charge in [-0.3, -0.25) is 9.59 Å². The summed E-state index contributed by atoms with van der Waals surface area (Å²) < 4.78 is 5.58. The molecule has 0 radical (unpaired) electrons. The molecule has 0 aliphatic rings. The zero-order valence-electron chi connectivity index (χ0n) is 19.1. The maximum Gasteiger partial charge on any atom is 0.250 e. The second kappa shape index (κ2) is 11.2. The largest absolute Gasteiger partial charge is 0.493 e. The average Bonchev–Trinajstić information content (AvgIpc) is 2.87. The van der Waals surface area contributed by atoms with E-state index < -0.39 is 5.91 Å². The van der Waals surface area contributed by atoms with Gasteiger partial charge in [0.15, 0.2) is 5.78 Å². The Balaban J connectivity index is 1.44. The van der Waals surface area contributed by atoms with Gasteiger partial charge in [-0.25, -0.2) is 9.97 Å². The summed E-state index contributed by atoms with van der Waals surface area (Å²) in [4.78, 5) is 33.1. The number of carbonyl (C=O) groups excluding carboxylic acids is 2. The number of ether oxygens (including phenoxy) is 1. The lowest BCUT2D eigenvalue weighted by atomic mass is 10.0. The second-order valence-electron chi connectivity index (χ2n) is 8.02. The zero-order chi connectivity index (χ0) is 24.6. The molecule has 178 valence electrons. The minimum atomic E-state index is -0.542. The number of amides is 1. The first-order chi connectivity index (χ1) is 17.0. The Hall–Kier alpha value is -4.30. The van der Waals surface area contributed by atoms with Gasteiger partial charge in [-0.05, 0) is 35.4 Å². The first kappa shape index (κ1) is 23.8. The summed E-state index contributed by atoms with van der Waals surface area (Å²) in [5.41, 5.74) is 8.76. The number of aromatic nitrogens is 2. The molecule has 1 aromatic heterocycles. The van der Waals surface area contributed by atoms with Gasteiger partial charge in [-0.15, -0.1) is 0 Å². The highest BCUT2D eigenvalue weighted by Crippen LogP contribution is 2.23. The fourth-order valence-electron chi connectivity index (χ4n) is 3.76. The van der Waals surface area contributed by atoms with Crippen molar-refractivity contribution in [2.75, 3.05) is 18.5 Å². The van der Waals surface area contributed by atoms with E-state index in [0.717, 1.165) is 11.1 Å². The monoisotopic (exact) mass is 470 g/mol. The van der Waals surface area contributed by atoms with Crippen molar-refractivity contribution >= 4 is 28.4 Å². The van der Waals surface area contributed by atoms with Crippen molar-refractivity contribution in [3.63, 3.8) is 0 Å². The van der Waals surface area contributed by atoms with Gasteiger partial charge >= 0.3 is 0 Å². The number of carbonyl (C=O) groups is 2. The van der Waals surface area contributed by atoms with Crippen LogP contribution in [0.3, 0.4) is 0 Å². The van der Waals surface area contributed by atoms with Crippen molar-refractivity contribution in [2.45, 2.75) is 19.4 Å². The Labute approximate surface area is 202 Å². The second-order valence-corrected chi connectivity index (χ2v) is 8.02. The Morgan fingerprint density at radius 1 is 0.971 bits per heavy atom. The Kier molecular flexibility index (Phi) is 7.64. The lowest BCUT2D eigenvalue weighted by Crippen LogP contribution is -2.12. The predicted molar refractivity (Wildman–Crippen MR) is 133 cm³/mol. The number of nitrogens with zero attached hydrogens (tertiary/aromatic N) is 2. The standard InChI is InChI=1S/C27H26N4O4/c28-26(34)22-9-3-10-23-25(22)30-17-31-27(23)29-16-19-6-1-5-18(13-19)14-24(33)20-7-2-8-21(15-20)35-12-4-11-32/h1-3,5-10,13,15,17,32H,4,11-12,14,16H2,(H2,28,34)(H,29,30,31). The van der Waals surface area contributed by atoms with Crippen LogP contribution in [0.2, 0.25) is 0 Å². The van der Waals surface area contributed by atoms with Crippen LogP contribution in [0.1, 0.15) is 38.3 Å². The molecule has 8 heteroatoms. The van der Waals surface area contributed by atoms with Gasteiger partial charge in [-0.1, -0.05) is 42.5 Å². The molecule has 0 saturated carbocycles. The molecular formula is C27H26N4O4. The van der Waals surface area contributed by atoms with E-state index in [0.29, 0.717) is 53.2 Å². The first-order valence-corrected chi connectivity index (χ1v) is 11.3. The number of para-hydroxylation sites is 1. The number of hydrogen-bond acceptors (Lipinski definition) is 7. The molecule has 0 saturated heterocycles. The van der Waals surface area contributed by atoms with Crippen LogP contribution in [0, 0.1) is 0 Å². The fraction of sp³-hybridized carbons (Fsp3) is 0.185. The number of ketones is 1. The van der Waals surface area contributed by atoms with Crippen LogP contribution in [0.5, 0.6) is 5.75 Å². The lowest BCUT2D eigenvalue weighted by Gasteiger charge is -2.11. The minimum Gasteiger partial charge on any atom is -0.493 e. The van der Waals surface area contributed by atoms with Crippen LogP contribution in [-0.2, 0) is 13.0 Å². The van der Waals surface area contributed by atoms with Crippen molar-refractivity contribution in [1.29, 1.82) is 0 Å². The minimum absolute atomic E-state index is 0.0107. The number of hydrogen-bond donors (Lipinski definition) is 3. The lowest BCUT2D eigenvalue weighted by molar-refractivity contribution is 0.0987. The molecule has 35 heavy (non-hydrogen) atoms. The van der Waals surface area contributed by atoms with Gasteiger partial charge in [0, 0.05) is 36.9 Å². The third-order valence-electron chi connectivity index (χ3n) is 5.47. The third kappa shape index (κ3) is 5.99. The van der Waals surface area contributed by atoms with E-state index >= 15 is 0 Å². The highest BCUT2D eigenvalue weighted by atomic mass is 16.5. The summed E-state index contributed by atoms with van der Waals surface area (Å²) in [5.74, 6) is 0.653. The van der Waals surface area contributed by atoms with Crippen molar-refractivity contribution in [1.82, 2.24) is 9.97 Å². The molecule has 0 atom stereocenters. The molecule has 4 aromatic rings. The van der Waals surface area contributed by atoms with Crippen LogP contribution < -0.4 is 15.8 Å². The molecule has 0 unspecified atom stereocenters. The number of nitrogens with two attached hydrogens (primary N) is 1. The highest BCUT2D eigenvalue weighted by molar-refractivity contribution is 6.06. The topological polar surface area (TPSA) is 127 Å². The van der Waals surface area contributed by atoms with Gasteiger partial charge in [0.1, 0.15) is 17.9 Å². The molecule has 4 rings (SSSR count). The highest BCUT2D eigenvalue weighted by Gasteiger charge is 2.12. The smallest absolute Gasteiger partial charge is 0.250 e. The summed E-state index contributed by atoms with van der Waals surface area (Å²) in [5, 5.41) is 12.9. The van der Waals surface area contributed by atoms with Crippen molar-refractivity contribution in [3.05, 3.63) is 95.3 Å². The Morgan fingerprint density at radius 3 is 2.60 bits per heavy atom. The summed E-state index contributed by atoms with van der Waals surface area (Å²) in [7, 11) is 0. The maximum atomic E-state index is 12.9. The number of aliphatic hydroxyl groups excluding tert-OH is 1. The molecule has 1 amide bonds. The van der Waals surface area contributed by atoms with Crippen LogP contribution in [0.25, 0.3) is 10.9 Å². The normalized spacial score (nSPS) is 10.8. The first-order valence-electron chi connectivity index (χ1n) is 11.3. The van der Waals surface area contributed by atoms with Gasteiger partial charge < -0.3 is 20.9 Å². The van der Waals surface area contributed by atoms with Crippen molar-refractivity contribution in [3.8, 4) is 5.75 Å². The number of aliphatic hydroxyl groups is 1. The maximum absolute atomic E-state index is 12.9. The van der Waals surface area contributed by atoms with E-state index in [9.17, 15) is 9.59 Å². The molecule has 0 spiro atoms. The molecule has 4 N–H and O–H groups in total. The van der Waals surface area contributed by atoms with Gasteiger partial charge in [0.2, 0.25) is 0 Å². The van der Waals surface area contributed by atoms with Crippen molar-refractivity contribution in [2.24, 2.45) is 5.73 Å². The number of Topliss-reactive ketones (excluding diaryl/α,β-unsaturated/α-hetero) is 1. The summed E-state index contributed by atoms with van der Waals surface area (Å²) >= 11 is 0. The van der Waals surface area contributed by atoms with E-state index in [-0.39, 0.29) is 18.8 Å². The van der Waals surface area contributed by atoms with Gasteiger partial charge in [0.25, 0.3) is 5.91 Å². The van der Waals surface area contributed by atoms with E-state index in [1.807, 2.05) is 30.3 Å². The average molecular weight is 471 g/mol. The summed E-state index contributed by atoms with van der Waals surface area (Å²) in [6, 6.07) is 20.1. The number of nitrogens with one attached hydrogen (secondary N) is 1. The molecule has 8 nitrogen and oxygen atoms in total. The molecule has 3 aromatic carbocycles. The number of fused-ring (bicyclic) bond motifs is 1. The Bertz CT molecular complexity index is 1360. The Morgan fingerprint density at radius 2 is 1.77 bits per heavy atom. The number of benzene rings is 3. The summed E-state index contributed by atoms with van der Waals surface area (Å²) in [6.07, 6.45) is 2.19. The van der Waals surface area contributed by atoms with Crippen LogP contribution in [0.4, 0.5) is 5.82 Å². The van der Waals surface area contributed by atoms with Crippen LogP contribution in [0.15, 0.2) is 73.1 Å². The van der Waals surface area contributed by atoms with E-state index in [4.69, 9.17) is 15.6 Å². The van der Waals surface area contributed by atoms with Gasteiger partial charge in [-0.2, -0.15) is 0 Å². The number of anilines is 1. The third-order valence-corrected chi connectivity index (χ3v) is 5.47. The van der Waals surface area contributed by atoms with E-state index in [1.165, 1.54) is 6.33 Å². The van der Waals surface area contributed by atoms with Gasteiger partial charge in [0.05, 0.1) is 17.7 Å². The molecule has 0 fully saturated rings. The van der Waals surface area contributed by atoms with Crippen LogP contribution in [-0.4, -0.2) is 40.0 Å². The van der Waals surface area contributed by atoms with E-state index in [2.05, 4.69) is 15.3 Å². The zero-order valence-corrected chi connectivity index (χ0v) is 19.1.